The number of benzene rings is 12. The van der Waals surface area contributed by atoms with Crippen LogP contribution in [0.3, 0.4) is 0 Å². The fraction of sp³-hybridized carbons (Fsp3) is 0.0213. The van der Waals surface area contributed by atoms with Crippen molar-refractivity contribution in [3.05, 3.63) is 432 Å². The minimum atomic E-state index is -0.264. The molecule has 14 aromatic rings. The van der Waals surface area contributed by atoms with Gasteiger partial charge in [0.15, 0.2) is 23.1 Å². The maximum absolute atomic E-state index is 11.8. The second-order valence-corrected chi connectivity index (χ2v) is 23.5. The van der Waals surface area contributed by atoms with E-state index in [1.54, 1.807) is 233 Å². The Kier molecular flexibility index (Phi) is 36.1. The molecular formula is C94H70Dy2N4O12. The molecule has 16 nitrogen and oxygen atoms in total. The van der Waals surface area contributed by atoms with Gasteiger partial charge in [-0.15, -0.1) is 0 Å². The number of hydrogen-bond acceptors (Lipinski definition) is 16. The van der Waals surface area contributed by atoms with Crippen LogP contribution in [0.15, 0.2) is 386 Å². The van der Waals surface area contributed by atoms with Crippen molar-refractivity contribution in [3.63, 3.8) is 0 Å². The summed E-state index contributed by atoms with van der Waals surface area (Å²) in [5.41, 5.74) is 8.04. The Hall–Kier alpha value is -12.6. The van der Waals surface area contributed by atoms with E-state index in [1.807, 2.05) is 133 Å². The molecule has 0 N–H and O–H groups in total. The first-order valence-corrected chi connectivity index (χ1v) is 34.2. The van der Waals surface area contributed by atoms with Crippen molar-refractivity contribution in [1.29, 1.82) is 0 Å². The van der Waals surface area contributed by atoms with Crippen LogP contribution in [0.2, 0.25) is 0 Å². The molecule has 2 heterocycles. The number of ketones is 4. The number of pyridine rings is 2. The summed E-state index contributed by atoms with van der Waals surface area (Å²) >= 11 is 0. The van der Waals surface area contributed by atoms with Crippen molar-refractivity contribution in [2.45, 2.75) is 0 Å². The van der Waals surface area contributed by atoms with Gasteiger partial charge in [0.05, 0.1) is 60.4 Å². The van der Waals surface area contributed by atoms with Crippen molar-refractivity contribution < 1.29 is 136 Å². The van der Waals surface area contributed by atoms with E-state index < -0.39 is 0 Å². The van der Waals surface area contributed by atoms with Gasteiger partial charge >= 0.3 is 76.3 Å². The Balaban J connectivity index is 0.000000186. The molecule has 2 radical (unpaired) electrons. The molecule has 0 aliphatic rings. The Bertz CT molecular complexity index is 4940. The number of allylic oxidation sites excluding steroid dienone is 4. The zero-order chi connectivity index (χ0) is 77.7. The van der Waals surface area contributed by atoms with Crippen LogP contribution in [-0.2, 0) is 0 Å². The summed E-state index contributed by atoms with van der Waals surface area (Å²) in [5, 5.41) is 72.2. The third kappa shape index (κ3) is 28.1. The van der Waals surface area contributed by atoms with E-state index >= 15 is 0 Å². The van der Waals surface area contributed by atoms with Crippen molar-refractivity contribution >= 4 is 91.8 Å². The summed E-state index contributed by atoms with van der Waals surface area (Å²) in [4.78, 5) is 64.4. The number of methoxy groups -OCH3 is 2. The molecule has 0 saturated carbocycles. The molecule has 0 amide bonds. The fourth-order valence-electron chi connectivity index (χ4n) is 9.99. The second-order valence-electron chi connectivity index (χ2n) is 23.5. The van der Waals surface area contributed by atoms with Gasteiger partial charge in [-0.1, -0.05) is 326 Å². The van der Waals surface area contributed by atoms with Crippen LogP contribution in [0, 0.1) is 76.3 Å². The predicted molar refractivity (Wildman–Crippen MR) is 424 cm³/mol. The van der Waals surface area contributed by atoms with E-state index in [9.17, 15) is 49.8 Å². The summed E-state index contributed by atoms with van der Waals surface area (Å²) in [6.45, 7) is 0. The van der Waals surface area contributed by atoms with Crippen LogP contribution >= 0.6 is 0 Å². The molecule has 112 heavy (non-hydrogen) atoms. The number of para-hydroxylation sites is 2. The third-order valence-electron chi connectivity index (χ3n) is 15.8. The smallest absolute Gasteiger partial charge is 0.872 e. The summed E-state index contributed by atoms with van der Waals surface area (Å²) < 4.78 is 10.2. The Morgan fingerprint density at radius 3 is 0.723 bits per heavy atom. The number of ether oxygens (including phenoxy) is 2. The minimum absolute atomic E-state index is 0. The molecule has 0 fully saturated rings. The Morgan fingerprint density at radius 2 is 0.500 bits per heavy atom. The van der Waals surface area contributed by atoms with Crippen molar-refractivity contribution in [1.82, 2.24) is 9.97 Å². The number of rotatable bonds is 18. The maximum atomic E-state index is 11.8. The van der Waals surface area contributed by atoms with E-state index in [1.165, 1.54) is 12.1 Å². The molecule has 18 heteroatoms. The first-order valence-electron chi connectivity index (χ1n) is 34.2. The topological polar surface area (TPSA) is 276 Å². The average Bonchev–Trinajstić information content (AvgIpc) is 0.824. The number of aromatic nitrogens is 2. The maximum Gasteiger partial charge on any atom is 3.00 e. The zero-order valence-electron chi connectivity index (χ0n) is 60.3. The van der Waals surface area contributed by atoms with Crippen LogP contribution in [0.4, 0.5) is 11.4 Å². The van der Waals surface area contributed by atoms with E-state index in [-0.39, 0.29) is 134 Å². The normalized spacial score (nSPS) is 10.9. The number of nitrogens with zero attached hydrogens (tertiary/aromatic N) is 4. The van der Waals surface area contributed by atoms with Crippen molar-refractivity contribution in [3.8, 4) is 23.0 Å². The molecule has 0 unspecified atom stereocenters. The van der Waals surface area contributed by atoms with Gasteiger partial charge in [0, 0.05) is 22.3 Å². The molecule has 0 aliphatic carbocycles. The number of fused-ring (bicyclic) bond motifs is 2. The SMILES string of the molecule is COc1ccc(N=Cc2ccc3cccc([O-])c3n2)cc1.COc1ccc(N=Cc2ccc3cccc([O-])c3n2)cc1.O=C(/C=C(\[O-])c1ccccc1)c1ccccc1.O=C(/C=C(\[O-])c1ccccc1)c1ccccc1.O=C(/C=C(\[O-])c1ccccc1)c1ccccc1.O=C(/C=C(\[O-])c1ccccc1)c1ccccc1.[Dy+3].[Dy+3]. The second kappa shape index (κ2) is 46.7. The minimum Gasteiger partial charge on any atom is -0.872 e. The molecule has 2 aromatic heterocycles. The fourth-order valence-corrected chi connectivity index (χ4v) is 9.99. The molecule has 0 bridgehead atoms. The summed E-state index contributed by atoms with van der Waals surface area (Å²) in [5.74, 6) is -0.697. The van der Waals surface area contributed by atoms with Crippen LogP contribution in [0.5, 0.6) is 23.0 Å². The van der Waals surface area contributed by atoms with Gasteiger partial charge in [0.2, 0.25) is 0 Å². The van der Waals surface area contributed by atoms with Crippen LogP contribution in [0.1, 0.15) is 75.1 Å². The monoisotopic (exact) mass is 1770 g/mol. The van der Waals surface area contributed by atoms with Crippen LogP contribution in [-0.4, -0.2) is 59.7 Å². The molecule has 14 rings (SSSR count). The largest absolute Gasteiger partial charge is 3.00 e. The van der Waals surface area contributed by atoms with Gasteiger partial charge in [-0.25, -0.2) is 9.97 Å². The van der Waals surface area contributed by atoms with Gasteiger partial charge in [0.25, 0.3) is 0 Å². The van der Waals surface area contributed by atoms with E-state index in [4.69, 9.17) is 9.47 Å². The standard InChI is InChI=1S/2C17H14N2O2.4C15H12O2.2Dy/c2*1-21-15-9-7-13(8-10-15)18-11-14-6-5-12-3-2-4-16(20)17(12)19-14;4*16-14(12-7-3-1-4-8-12)11-15(17)13-9-5-2-6-10-13;;/h2*2-11,20H,1H3;4*1-11,16H;;/q;;;;;;2*+3/p-6/b;;4*14-11-;;. The van der Waals surface area contributed by atoms with Crippen LogP contribution < -0.4 is 40.1 Å². The molecule has 0 atom stereocenters. The molecule has 0 spiro atoms. The number of hydrogen-bond donors (Lipinski definition) is 0. The molecule has 12 aromatic carbocycles. The summed E-state index contributed by atoms with van der Waals surface area (Å²) in [6.07, 6.45) is 7.81. The van der Waals surface area contributed by atoms with E-state index in [0.29, 0.717) is 66.9 Å². The predicted octanol–water partition coefficient (Wildman–Crippen LogP) is 15.2. The van der Waals surface area contributed by atoms with Gasteiger partial charge < -0.3 is 40.1 Å². The van der Waals surface area contributed by atoms with Crippen LogP contribution in [0.25, 0.3) is 44.8 Å². The quantitative estimate of drug-likeness (QED) is 0.0334. The molecule has 0 saturated heterocycles. The van der Waals surface area contributed by atoms with Gasteiger partial charge in [-0.2, -0.15) is 0 Å². The Morgan fingerprint density at radius 1 is 0.277 bits per heavy atom. The first-order chi connectivity index (χ1) is 53.6. The summed E-state index contributed by atoms with van der Waals surface area (Å²) in [7, 11) is 3.25. The Labute approximate surface area is 709 Å². The third-order valence-corrected chi connectivity index (χ3v) is 15.8. The van der Waals surface area contributed by atoms with Gasteiger partial charge in [-0.3, -0.25) is 29.2 Å². The van der Waals surface area contributed by atoms with Crippen molar-refractivity contribution in [2.75, 3.05) is 14.2 Å². The summed E-state index contributed by atoms with van der Waals surface area (Å²) in [6, 6.07) is 103. The number of carbonyl (C=O) groups excluding carboxylic acids is 4. The molecule has 0 aliphatic heterocycles. The average molecular weight is 1770 g/mol. The van der Waals surface area contributed by atoms with Crippen molar-refractivity contribution in [2.24, 2.45) is 9.98 Å². The van der Waals surface area contributed by atoms with E-state index in [0.717, 1.165) is 58.0 Å². The molecular weight excluding hydrogens is 1700 g/mol. The van der Waals surface area contributed by atoms with Gasteiger partial charge in [0.1, 0.15) is 11.5 Å². The first kappa shape index (κ1) is 86.6. The molecule has 558 valence electrons. The number of carbonyl (C=O) groups is 4. The number of aliphatic imine (C=N–C) groups is 2. The zero-order valence-corrected chi connectivity index (χ0v) is 64.3. The van der Waals surface area contributed by atoms with Gasteiger partial charge in [-0.05, 0) is 118 Å². The van der Waals surface area contributed by atoms with E-state index in [2.05, 4.69) is 20.0 Å².